The van der Waals surface area contributed by atoms with E-state index in [1.54, 1.807) is 0 Å². The van der Waals surface area contributed by atoms with Gasteiger partial charge in [0.05, 0.1) is 11.5 Å². The summed E-state index contributed by atoms with van der Waals surface area (Å²) in [5.74, 6) is 0.611. The van der Waals surface area contributed by atoms with Crippen molar-refractivity contribution in [3.8, 4) is 0 Å². The monoisotopic (exact) mass is 249 g/mol. The van der Waals surface area contributed by atoms with E-state index in [2.05, 4.69) is 6.92 Å². The zero-order valence-electron chi connectivity index (χ0n) is 10.6. The van der Waals surface area contributed by atoms with E-state index < -0.39 is 9.84 Å². The van der Waals surface area contributed by atoms with Crippen LogP contribution in [0, 0.1) is 0 Å². The van der Waals surface area contributed by atoms with E-state index in [9.17, 15) is 8.42 Å². The SMILES string of the molecule is CCCCCCCCCS(=O)(=O)CCCN. The van der Waals surface area contributed by atoms with E-state index >= 15 is 0 Å². The lowest BCUT2D eigenvalue weighted by Crippen LogP contribution is -2.14. The molecule has 0 unspecified atom stereocenters. The van der Waals surface area contributed by atoms with E-state index in [0.29, 0.717) is 18.7 Å². The van der Waals surface area contributed by atoms with Crippen LogP contribution < -0.4 is 5.73 Å². The molecule has 3 nitrogen and oxygen atoms in total. The van der Waals surface area contributed by atoms with Gasteiger partial charge >= 0.3 is 0 Å². The third-order valence-corrected chi connectivity index (χ3v) is 4.54. The zero-order valence-corrected chi connectivity index (χ0v) is 11.4. The molecule has 0 saturated carbocycles. The van der Waals surface area contributed by atoms with Gasteiger partial charge in [-0.3, -0.25) is 0 Å². The minimum Gasteiger partial charge on any atom is -0.330 e. The lowest BCUT2D eigenvalue weighted by molar-refractivity contribution is 0.577. The van der Waals surface area contributed by atoms with Gasteiger partial charge in [0.25, 0.3) is 0 Å². The Labute approximate surface area is 101 Å². The molecule has 0 aliphatic carbocycles. The van der Waals surface area contributed by atoms with Crippen molar-refractivity contribution in [2.45, 2.75) is 58.3 Å². The van der Waals surface area contributed by atoms with Crippen LogP contribution in [0.3, 0.4) is 0 Å². The minimum atomic E-state index is -2.82. The van der Waals surface area contributed by atoms with Crippen molar-refractivity contribution in [3.63, 3.8) is 0 Å². The minimum absolute atomic E-state index is 0.263. The topological polar surface area (TPSA) is 60.2 Å². The maximum absolute atomic E-state index is 11.5. The summed E-state index contributed by atoms with van der Waals surface area (Å²) in [5.41, 5.74) is 5.29. The second kappa shape index (κ2) is 10.1. The molecule has 0 aromatic heterocycles. The first-order valence-electron chi connectivity index (χ1n) is 6.53. The Morgan fingerprint density at radius 3 is 1.88 bits per heavy atom. The third kappa shape index (κ3) is 10.4. The van der Waals surface area contributed by atoms with E-state index in [1.807, 2.05) is 0 Å². The van der Waals surface area contributed by atoms with Crippen molar-refractivity contribution < 1.29 is 8.42 Å². The van der Waals surface area contributed by atoms with E-state index in [0.717, 1.165) is 12.8 Å². The van der Waals surface area contributed by atoms with Crippen molar-refractivity contribution in [2.24, 2.45) is 5.73 Å². The van der Waals surface area contributed by atoms with Gasteiger partial charge < -0.3 is 5.73 Å². The van der Waals surface area contributed by atoms with Crippen LogP contribution in [0.5, 0.6) is 0 Å². The van der Waals surface area contributed by atoms with Gasteiger partial charge in [-0.2, -0.15) is 0 Å². The fraction of sp³-hybridized carbons (Fsp3) is 1.00. The third-order valence-electron chi connectivity index (χ3n) is 2.72. The largest absolute Gasteiger partial charge is 0.330 e. The van der Waals surface area contributed by atoms with E-state index in [1.165, 1.54) is 32.1 Å². The van der Waals surface area contributed by atoms with Crippen LogP contribution in [-0.4, -0.2) is 26.5 Å². The second-order valence-corrected chi connectivity index (χ2v) is 6.72. The number of sulfone groups is 1. The summed E-state index contributed by atoms with van der Waals surface area (Å²) in [4.78, 5) is 0. The van der Waals surface area contributed by atoms with Gasteiger partial charge in [-0.1, -0.05) is 45.4 Å². The molecule has 0 amide bonds. The number of nitrogens with two attached hydrogens (primary N) is 1. The molecule has 0 spiro atoms. The first-order valence-corrected chi connectivity index (χ1v) is 8.35. The predicted octanol–water partition coefficient (Wildman–Crippen LogP) is 2.50. The quantitative estimate of drug-likeness (QED) is 0.572. The van der Waals surface area contributed by atoms with Crippen LogP contribution in [0.15, 0.2) is 0 Å². The lowest BCUT2D eigenvalue weighted by Gasteiger charge is -2.03. The predicted molar refractivity (Wildman–Crippen MR) is 70.3 cm³/mol. The molecule has 0 bridgehead atoms. The van der Waals surface area contributed by atoms with Gasteiger partial charge in [0.1, 0.15) is 9.84 Å². The number of hydrogen-bond donors (Lipinski definition) is 1. The standard InChI is InChI=1S/C12H27NO2S/c1-2-3-4-5-6-7-8-11-16(14,15)12-9-10-13/h2-13H2,1H3. The van der Waals surface area contributed by atoms with Gasteiger partial charge in [0, 0.05) is 0 Å². The number of rotatable bonds is 11. The van der Waals surface area contributed by atoms with Crippen LogP contribution in [0.4, 0.5) is 0 Å². The van der Waals surface area contributed by atoms with Crippen LogP contribution in [0.1, 0.15) is 58.3 Å². The molecule has 0 aliphatic heterocycles. The van der Waals surface area contributed by atoms with Gasteiger partial charge in [-0.15, -0.1) is 0 Å². The summed E-state index contributed by atoms with van der Waals surface area (Å²) in [5, 5.41) is 0. The first-order chi connectivity index (χ1) is 7.62. The second-order valence-electron chi connectivity index (χ2n) is 4.42. The van der Waals surface area contributed by atoms with Crippen molar-refractivity contribution in [3.05, 3.63) is 0 Å². The molecule has 98 valence electrons. The number of unbranched alkanes of at least 4 members (excludes halogenated alkanes) is 6. The molecule has 4 heteroatoms. The summed E-state index contributed by atoms with van der Waals surface area (Å²) in [6.45, 7) is 2.67. The van der Waals surface area contributed by atoms with Gasteiger partial charge in [-0.05, 0) is 19.4 Å². The molecular weight excluding hydrogens is 222 g/mol. The molecule has 0 radical (unpaired) electrons. The van der Waals surface area contributed by atoms with E-state index in [-0.39, 0.29) is 5.75 Å². The van der Waals surface area contributed by atoms with Crippen molar-refractivity contribution >= 4 is 9.84 Å². The summed E-state index contributed by atoms with van der Waals surface area (Å²) in [7, 11) is -2.82. The highest BCUT2D eigenvalue weighted by molar-refractivity contribution is 7.91. The maximum atomic E-state index is 11.5. The Bertz CT molecular complexity index is 237. The van der Waals surface area contributed by atoms with Crippen LogP contribution >= 0.6 is 0 Å². The molecule has 0 heterocycles. The summed E-state index contributed by atoms with van der Waals surface area (Å²) >= 11 is 0. The smallest absolute Gasteiger partial charge is 0.150 e. The highest BCUT2D eigenvalue weighted by Crippen LogP contribution is 2.08. The number of hydrogen-bond acceptors (Lipinski definition) is 3. The van der Waals surface area contributed by atoms with Crippen molar-refractivity contribution in [2.75, 3.05) is 18.1 Å². The molecule has 0 aliphatic rings. The Morgan fingerprint density at radius 2 is 1.31 bits per heavy atom. The zero-order chi connectivity index (χ0) is 12.3. The average Bonchev–Trinajstić information content (AvgIpc) is 2.25. The molecule has 0 aromatic rings. The molecule has 2 N–H and O–H groups in total. The summed E-state index contributed by atoms with van der Waals surface area (Å²) in [6.07, 6.45) is 8.73. The summed E-state index contributed by atoms with van der Waals surface area (Å²) in [6, 6.07) is 0. The Balaban J connectivity index is 3.36. The van der Waals surface area contributed by atoms with Gasteiger partial charge in [-0.25, -0.2) is 8.42 Å². The Kier molecular flexibility index (Phi) is 10.0. The molecule has 0 rings (SSSR count). The molecular formula is C12H27NO2S. The van der Waals surface area contributed by atoms with Crippen LogP contribution in [0.25, 0.3) is 0 Å². The molecule has 0 fully saturated rings. The fourth-order valence-electron chi connectivity index (χ4n) is 1.68. The maximum Gasteiger partial charge on any atom is 0.150 e. The highest BCUT2D eigenvalue weighted by atomic mass is 32.2. The Morgan fingerprint density at radius 1 is 0.812 bits per heavy atom. The normalized spacial score (nSPS) is 11.9. The summed E-state index contributed by atoms with van der Waals surface area (Å²) < 4.78 is 22.9. The molecule has 0 atom stereocenters. The lowest BCUT2D eigenvalue weighted by atomic mass is 10.1. The van der Waals surface area contributed by atoms with Gasteiger partial charge in [0.15, 0.2) is 0 Å². The van der Waals surface area contributed by atoms with Crippen molar-refractivity contribution in [1.82, 2.24) is 0 Å². The average molecular weight is 249 g/mol. The first kappa shape index (κ1) is 15.9. The highest BCUT2D eigenvalue weighted by Gasteiger charge is 2.08. The molecule has 16 heavy (non-hydrogen) atoms. The Hall–Kier alpha value is -0.0900. The molecule has 0 aromatic carbocycles. The fourth-order valence-corrected chi connectivity index (χ4v) is 3.14. The van der Waals surface area contributed by atoms with Crippen molar-refractivity contribution in [1.29, 1.82) is 0 Å². The van der Waals surface area contributed by atoms with E-state index in [4.69, 9.17) is 5.73 Å². The van der Waals surface area contributed by atoms with Crippen LogP contribution in [0.2, 0.25) is 0 Å². The van der Waals surface area contributed by atoms with Gasteiger partial charge in [0.2, 0.25) is 0 Å². The molecule has 0 saturated heterocycles. The van der Waals surface area contributed by atoms with Crippen LogP contribution in [-0.2, 0) is 9.84 Å².